The van der Waals surface area contributed by atoms with E-state index in [1.807, 2.05) is 0 Å². The lowest BCUT2D eigenvalue weighted by molar-refractivity contribution is -0.491. The Morgan fingerprint density at radius 1 is 0.875 bits per heavy atom. The Bertz CT molecular complexity index is 406. The standard InChI is InChI=1S/C11H14F10O3/c1-3-4-5-23-6(2)24-9(16,11(20,21)22)7(12,13)8(14,15)10(17,18)19/h6,22H,3-5H2,1-2H3. The predicted octanol–water partition coefficient (Wildman–Crippen LogP) is 4.25. The summed E-state index contributed by atoms with van der Waals surface area (Å²) in [6, 6.07) is 0. The highest BCUT2D eigenvalue weighted by molar-refractivity contribution is 5.04. The Morgan fingerprint density at radius 3 is 1.67 bits per heavy atom. The zero-order valence-electron chi connectivity index (χ0n) is 12.2. The van der Waals surface area contributed by atoms with Crippen LogP contribution in [0.25, 0.3) is 0 Å². The lowest BCUT2D eigenvalue weighted by atomic mass is 10.0. The number of hydrogen-bond acceptors (Lipinski definition) is 3. The van der Waals surface area contributed by atoms with Crippen LogP contribution in [0.2, 0.25) is 0 Å². The summed E-state index contributed by atoms with van der Waals surface area (Å²) >= 11 is 0. The third-order valence-corrected chi connectivity index (χ3v) is 2.72. The fraction of sp³-hybridized carbons (Fsp3) is 1.00. The molecule has 0 aliphatic carbocycles. The number of halogens is 10. The Morgan fingerprint density at radius 2 is 1.33 bits per heavy atom. The minimum absolute atomic E-state index is 0.192. The van der Waals surface area contributed by atoms with Crippen LogP contribution in [-0.2, 0) is 9.47 Å². The van der Waals surface area contributed by atoms with Crippen LogP contribution in [0.3, 0.4) is 0 Å². The summed E-state index contributed by atoms with van der Waals surface area (Å²) < 4.78 is 135. The summed E-state index contributed by atoms with van der Waals surface area (Å²) in [5, 5.41) is 8.15. The fourth-order valence-electron chi connectivity index (χ4n) is 1.37. The van der Waals surface area contributed by atoms with Crippen LogP contribution in [0.4, 0.5) is 43.9 Å². The van der Waals surface area contributed by atoms with Crippen molar-refractivity contribution in [1.82, 2.24) is 0 Å². The minimum Gasteiger partial charge on any atom is -0.353 e. The number of alkyl halides is 10. The molecule has 0 fully saturated rings. The molecule has 0 bridgehead atoms. The normalized spacial score (nSPS) is 18.4. The van der Waals surface area contributed by atoms with E-state index in [0.717, 1.165) is 0 Å². The van der Waals surface area contributed by atoms with Crippen molar-refractivity contribution in [3.05, 3.63) is 0 Å². The van der Waals surface area contributed by atoms with Crippen molar-refractivity contribution in [3.63, 3.8) is 0 Å². The number of aliphatic hydroxyl groups is 1. The number of unbranched alkanes of at least 4 members (excludes halogenated alkanes) is 1. The van der Waals surface area contributed by atoms with E-state index in [-0.39, 0.29) is 13.0 Å². The Labute approximate surface area is 129 Å². The second-order valence-electron chi connectivity index (χ2n) is 4.69. The second-order valence-corrected chi connectivity index (χ2v) is 4.69. The third-order valence-electron chi connectivity index (χ3n) is 2.72. The molecule has 146 valence electrons. The molecule has 24 heavy (non-hydrogen) atoms. The van der Waals surface area contributed by atoms with Gasteiger partial charge in [0.2, 0.25) is 0 Å². The van der Waals surface area contributed by atoms with E-state index in [9.17, 15) is 43.9 Å². The first kappa shape index (κ1) is 23.2. The quantitative estimate of drug-likeness (QED) is 0.367. The van der Waals surface area contributed by atoms with Gasteiger partial charge < -0.3 is 14.6 Å². The maximum absolute atomic E-state index is 13.8. The topological polar surface area (TPSA) is 38.7 Å². The molecule has 2 unspecified atom stereocenters. The van der Waals surface area contributed by atoms with Crippen molar-refractivity contribution in [2.24, 2.45) is 0 Å². The van der Waals surface area contributed by atoms with Crippen LogP contribution in [-0.4, -0.2) is 48.0 Å². The molecule has 0 saturated heterocycles. The van der Waals surface area contributed by atoms with Crippen LogP contribution in [0.15, 0.2) is 0 Å². The average molecular weight is 384 g/mol. The van der Waals surface area contributed by atoms with E-state index in [1.165, 1.54) is 0 Å². The Hall–Kier alpha value is -0.820. The van der Waals surface area contributed by atoms with Gasteiger partial charge in [-0.25, -0.2) is 0 Å². The first-order valence-corrected chi connectivity index (χ1v) is 6.36. The molecule has 0 aliphatic heterocycles. The minimum atomic E-state index is -7.27. The zero-order chi connectivity index (χ0) is 19.6. The summed E-state index contributed by atoms with van der Waals surface area (Å²) in [7, 11) is 0. The van der Waals surface area contributed by atoms with Gasteiger partial charge in [-0.15, -0.1) is 0 Å². The van der Waals surface area contributed by atoms with Crippen LogP contribution in [0, 0.1) is 0 Å². The summed E-state index contributed by atoms with van der Waals surface area (Å²) in [6.45, 7) is 1.72. The molecule has 0 aliphatic rings. The van der Waals surface area contributed by atoms with Crippen molar-refractivity contribution in [3.8, 4) is 0 Å². The van der Waals surface area contributed by atoms with E-state index in [0.29, 0.717) is 13.3 Å². The Balaban J connectivity index is 5.76. The monoisotopic (exact) mass is 384 g/mol. The first-order chi connectivity index (χ1) is 10.5. The van der Waals surface area contributed by atoms with Crippen LogP contribution in [0.5, 0.6) is 0 Å². The first-order valence-electron chi connectivity index (χ1n) is 6.36. The van der Waals surface area contributed by atoms with Crippen LogP contribution in [0.1, 0.15) is 26.7 Å². The lowest BCUT2D eigenvalue weighted by Crippen LogP contribution is -2.70. The van der Waals surface area contributed by atoms with Gasteiger partial charge in [0.1, 0.15) is 0 Å². The average Bonchev–Trinajstić information content (AvgIpc) is 2.35. The van der Waals surface area contributed by atoms with E-state index in [1.54, 1.807) is 6.92 Å². The summed E-state index contributed by atoms with van der Waals surface area (Å²) in [4.78, 5) is 0. The largest absolute Gasteiger partial charge is 0.460 e. The van der Waals surface area contributed by atoms with Gasteiger partial charge in [-0.3, -0.25) is 0 Å². The molecule has 3 nitrogen and oxygen atoms in total. The number of ether oxygens (including phenoxy) is 2. The van der Waals surface area contributed by atoms with Gasteiger partial charge in [0.25, 0.3) is 0 Å². The van der Waals surface area contributed by atoms with E-state index >= 15 is 0 Å². The molecular weight excluding hydrogens is 370 g/mol. The summed E-state index contributed by atoms with van der Waals surface area (Å²) in [5.74, 6) is -20.9. The molecule has 13 heteroatoms. The highest BCUT2D eigenvalue weighted by Crippen LogP contribution is 2.56. The fourth-order valence-corrected chi connectivity index (χ4v) is 1.37. The predicted molar refractivity (Wildman–Crippen MR) is 58.4 cm³/mol. The van der Waals surface area contributed by atoms with Gasteiger partial charge in [0.05, 0.1) is 0 Å². The molecule has 0 aromatic heterocycles. The van der Waals surface area contributed by atoms with Gasteiger partial charge >= 0.3 is 30.0 Å². The summed E-state index contributed by atoms with van der Waals surface area (Å²) in [5.41, 5.74) is 0. The van der Waals surface area contributed by atoms with Gasteiger partial charge in [0, 0.05) is 6.61 Å². The maximum Gasteiger partial charge on any atom is 0.460 e. The van der Waals surface area contributed by atoms with E-state index < -0.39 is 36.3 Å². The molecule has 0 heterocycles. The van der Waals surface area contributed by atoms with Gasteiger partial charge in [-0.1, -0.05) is 13.3 Å². The second kappa shape index (κ2) is 7.20. The van der Waals surface area contributed by atoms with Gasteiger partial charge in [-0.05, 0) is 13.3 Å². The lowest BCUT2D eigenvalue weighted by Gasteiger charge is -2.40. The summed E-state index contributed by atoms with van der Waals surface area (Å²) in [6.07, 6.45) is -15.3. The third kappa shape index (κ3) is 4.23. The molecule has 0 amide bonds. The molecule has 0 rings (SSSR count). The van der Waals surface area contributed by atoms with Crippen molar-refractivity contribution in [2.45, 2.75) is 63.0 Å². The van der Waals surface area contributed by atoms with E-state index in [2.05, 4.69) is 9.47 Å². The Kier molecular flexibility index (Phi) is 6.95. The molecule has 0 aromatic rings. The highest BCUT2D eigenvalue weighted by atomic mass is 19.4. The smallest absolute Gasteiger partial charge is 0.353 e. The van der Waals surface area contributed by atoms with Crippen LogP contribution >= 0.6 is 0 Å². The van der Waals surface area contributed by atoms with Gasteiger partial charge in [-0.2, -0.15) is 43.9 Å². The SMILES string of the molecule is CCCCOC(C)OC(F)(C(O)(F)F)C(F)(F)C(F)(F)C(F)(F)F. The molecular formula is C11H14F10O3. The van der Waals surface area contributed by atoms with Crippen LogP contribution < -0.4 is 0 Å². The van der Waals surface area contributed by atoms with Crippen molar-refractivity contribution in [1.29, 1.82) is 0 Å². The molecule has 0 aromatic carbocycles. The maximum atomic E-state index is 13.8. The molecule has 1 N–H and O–H groups in total. The molecule has 0 saturated carbocycles. The van der Waals surface area contributed by atoms with Crippen molar-refractivity contribution in [2.75, 3.05) is 6.61 Å². The van der Waals surface area contributed by atoms with Gasteiger partial charge in [0.15, 0.2) is 6.29 Å². The molecule has 2 atom stereocenters. The van der Waals surface area contributed by atoms with E-state index in [4.69, 9.17) is 5.11 Å². The molecule has 0 spiro atoms. The number of hydrogen-bond donors (Lipinski definition) is 1. The highest BCUT2D eigenvalue weighted by Gasteiger charge is 2.87. The zero-order valence-corrected chi connectivity index (χ0v) is 12.2. The number of rotatable bonds is 9. The van der Waals surface area contributed by atoms with Crippen molar-refractivity contribution >= 4 is 0 Å². The molecule has 0 radical (unpaired) electrons. The van der Waals surface area contributed by atoms with Crippen molar-refractivity contribution < 1.29 is 58.5 Å².